The summed E-state index contributed by atoms with van der Waals surface area (Å²) in [6.45, 7) is 0. The molecule has 0 bridgehead atoms. The maximum Gasteiger partial charge on any atom is 0.266 e. The fourth-order valence-corrected chi connectivity index (χ4v) is 1.20. The van der Waals surface area contributed by atoms with E-state index in [0.717, 1.165) is 24.4 Å². The maximum absolute atomic E-state index is 12.9. The molecule has 76 valence electrons. The van der Waals surface area contributed by atoms with Crippen LogP contribution in [-0.4, -0.2) is 9.97 Å². The lowest BCUT2D eigenvalue weighted by Gasteiger charge is -2.00. The van der Waals surface area contributed by atoms with Gasteiger partial charge in [0, 0.05) is 17.8 Å². The number of hydrogen-bond donors (Lipinski definition) is 1. The molecule has 1 aromatic heterocycles. The van der Waals surface area contributed by atoms with Gasteiger partial charge in [0.05, 0.1) is 11.9 Å². The van der Waals surface area contributed by atoms with Gasteiger partial charge in [0.25, 0.3) is 5.56 Å². The molecule has 15 heavy (non-hydrogen) atoms. The van der Waals surface area contributed by atoms with Crippen LogP contribution in [0.1, 0.15) is 0 Å². The van der Waals surface area contributed by atoms with Gasteiger partial charge in [-0.15, -0.1) is 0 Å². The molecular formula is C10H6F2N2O. The zero-order chi connectivity index (χ0) is 10.8. The topological polar surface area (TPSA) is 45.8 Å². The highest BCUT2D eigenvalue weighted by molar-refractivity contribution is 5.57. The fourth-order valence-electron chi connectivity index (χ4n) is 1.20. The second-order valence-corrected chi connectivity index (χ2v) is 2.95. The van der Waals surface area contributed by atoms with Gasteiger partial charge in [0.2, 0.25) is 0 Å². The van der Waals surface area contributed by atoms with Crippen molar-refractivity contribution >= 4 is 0 Å². The molecule has 1 aromatic carbocycles. The summed E-state index contributed by atoms with van der Waals surface area (Å²) in [4.78, 5) is 16.8. The van der Waals surface area contributed by atoms with E-state index in [1.807, 2.05) is 0 Å². The number of aromatic nitrogens is 2. The number of benzene rings is 1. The molecule has 0 fully saturated rings. The van der Waals surface area contributed by atoms with Crippen LogP contribution in [0.2, 0.25) is 0 Å². The minimum atomic E-state index is -0.682. The van der Waals surface area contributed by atoms with Gasteiger partial charge in [0.15, 0.2) is 0 Å². The summed E-state index contributed by atoms with van der Waals surface area (Å²) in [5.41, 5.74) is 0.229. The van der Waals surface area contributed by atoms with Gasteiger partial charge in [-0.2, -0.15) is 0 Å². The minimum absolute atomic E-state index is 0.281. The second-order valence-electron chi connectivity index (χ2n) is 2.95. The zero-order valence-electron chi connectivity index (χ0n) is 7.50. The highest BCUT2D eigenvalue weighted by Gasteiger charge is 2.03. The number of hydrogen-bond acceptors (Lipinski definition) is 2. The van der Waals surface area contributed by atoms with Gasteiger partial charge in [0.1, 0.15) is 11.6 Å². The Bertz CT molecular complexity index is 511. The average Bonchev–Trinajstić information content (AvgIpc) is 2.17. The Morgan fingerprint density at radius 1 is 1.13 bits per heavy atom. The summed E-state index contributed by atoms with van der Waals surface area (Å²) in [7, 11) is 0. The van der Waals surface area contributed by atoms with Crippen LogP contribution in [0, 0.1) is 11.6 Å². The Hall–Kier alpha value is -2.04. The van der Waals surface area contributed by atoms with E-state index in [1.54, 1.807) is 0 Å². The SMILES string of the molecule is O=c1cnc(-c2cc(F)cc(F)c2)c[nH]1. The van der Waals surface area contributed by atoms with E-state index < -0.39 is 11.6 Å². The Morgan fingerprint density at radius 3 is 2.33 bits per heavy atom. The monoisotopic (exact) mass is 208 g/mol. The maximum atomic E-state index is 12.9. The molecule has 0 radical (unpaired) electrons. The van der Waals surface area contributed by atoms with E-state index >= 15 is 0 Å². The first-order valence-electron chi connectivity index (χ1n) is 4.16. The normalized spacial score (nSPS) is 10.3. The first-order valence-corrected chi connectivity index (χ1v) is 4.16. The molecule has 0 aliphatic carbocycles. The number of nitrogens with zero attached hydrogens (tertiary/aromatic N) is 1. The van der Waals surface area contributed by atoms with Crippen molar-refractivity contribution in [3.63, 3.8) is 0 Å². The zero-order valence-corrected chi connectivity index (χ0v) is 7.50. The first kappa shape index (κ1) is 9.51. The summed E-state index contributed by atoms with van der Waals surface area (Å²) in [5.74, 6) is -1.36. The average molecular weight is 208 g/mol. The summed E-state index contributed by atoms with van der Waals surface area (Å²) in [6.07, 6.45) is 2.36. The van der Waals surface area contributed by atoms with Crippen molar-refractivity contribution in [2.75, 3.05) is 0 Å². The number of nitrogens with one attached hydrogen (secondary N) is 1. The van der Waals surface area contributed by atoms with Gasteiger partial charge in [-0.25, -0.2) is 13.8 Å². The van der Waals surface area contributed by atoms with Crippen LogP contribution < -0.4 is 5.56 Å². The van der Waals surface area contributed by atoms with Crippen LogP contribution in [0.3, 0.4) is 0 Å². The molecule has 0 atom stereocenters. The Kier molecular flexibility index (Phi) is 2.29. The lowest BCUT2D eigenvalue weighted by molar-refractivity contribution is 0.584. The third-order valence-electron chi connectivity index (χ3n) is 1.83. The standard InChI is InChI=1S/C10H6F2N2O/c11-7-1-6(2-8(12)3-7)9-4-14-10(15)5-13-9/h1-5H,(H,14,15). The Morgan fingerprint density at radius 2 is 1.80 bits per heavy atom. The van der Waals surface area contributed by atoms with Crippen LogP contribution in [0.15, 0.2) is 35.4 Å². The lowest BCUT2D eigenvalue weighted by atomic mass is 10.1. The van der Waals surface area contributed by atoms with Crippen LogP contribution in [-0.2, 0) is 0 Å². The van der Waals surface area contributed by atoms with Gasteiger partial charge >= 0.3 is 0 Å². The van der Waals surface area contributed by atoms with Crippen LogP contribution >= 0.6 is 0 Å². The number of H-pyrrole nitrogens is 1. The largest absolute Gasteiger partial charge is 0.326 e. The van der Waals surface area contributed by atoms with Crippen molar-refractivity contribution in [2.24, 2.45) is 0 Å². The third-order valence-corrected chi connectivity index (χ3v) is 1.83. The van der Waals surface area contributed by atoms with Gasteiger partial charge in [-0.3, -0.25) is 4.79 Å². The van der Waals surface area contributed by atoms with E-state index in [0.29, 0.717) is 5.69 Å². The van der Waals surface area contributed by atoms with Crippen molar-refractivity contribution in [1.29, 1.82) is 0 Å². The predicted octanol–water partition coefficient (Wildman–Crippen LogP) is 1.72. The molecule has 5 heteroatoms. The number of halogens is 2. The molecule has 0 amide bonds. The van der Waals surface area contributed by atoms with Crippen LogP contribution in [0.5, 0.6) is 0 Å². The smallest absolute Gasteiger partial charge is 0.266 e. The Balaban J connectivity index is 2.53. The van der Waals surface area contributed by atoms with Crippen molar-refractivity contribution in [2.45, 2.75) is 0 Å². The fraction of sp³-hybridized carbons (Fsp3) is 0. The Labute approximate surface area is 83.4 Å². The van der Waals surface area contributed by atoms with E-state index in [4.69, 9.17) is 0 Å². The lowest BCUT2D eigenvalue weighted by Crippen LogP contribution is -2.04. The molecule has 0 aliphatic rings. The van der Waals surface area contributed by atoms with Crippen molar-refractivity contribution in [3.8, 4) is 11.3 Å². The molecule has 1 heterocycles. The van der Waals surface area contributed by atoms with Crippen molar-refractivity contribution in [1.82, 2.24) is 9.97 Å². The van der Waals surface area contributed by atoms with Crippen LogP contribution in [0.25, 0.3) is 11.3 Å². The summed E-state index contributed by atoms with van der Waals surface area (Å²) < 4.78 is 25.7. The van der Waals surface area contributed by atoms with Gasteiger partial charge in [-0.1, -0.05) is 0 Å². The van der Waals surface area contributed by atoms with Gasteiger partial charge < -0.3 is 4.98 Å². The molecule has 0 aliphatic heterocycles. The highest BCUT2D eigenvalue weighted by Crippen LogP contribution is 2.17. The molecular weight excluding hydrogens is 202 g/mol. The van der Waals surface area contributed by atoms with Crippen molar-refractivity contribution < 1.29 is 8.78 Å². The minimum Gasteiger partial charge on any atom is -0.326 e. The van der Waals surface area contributed by atoms with E-state index in [-0.39, 0.29) is 11.1 Å². The highest BCUT2D eigenvalue weighted by atomic mass is 19.1. The first-order chi connectivity index (χ1) is 7.15. The summed E-state index contributed by atoms with van der Waals surface area (Å²) in [5, 5.41) is 0. The van der Waals surface area contributed by atoms with E-state index in [1.165, 1.54) is 6.20 Å². The number of rotatable bonds is 1. The molecule has 2 aromatic rings. The second kappa shape index (κ2) is 3.61. The van der Waals surface area contributed by atoms with Gasteiger partial charge in [-0.05, 0) is 12.1 Å². The predicted molar refractivity (Wildman–Crippen MR) is 50.2 cm³/mol. The van der Waals surface area contributed by atoms with Crippen molar-refractivity contribution in [3.05, 3.63) is 52.6 Å². The summed E-state index contributed by atoms with van der Waals surface area (Å²) in [6, 6.07) is 3.06. The quantitative estimate of drug-likeness (QED) is 0.775. The summed E-state index contributed by atoms with van der Waals surface area (Å²) >= 11 is 0. The molecule has 3 nitrogen and oxygen atoms in total. The van der Waals surface area contributed by atoms with Crippen LogP contribution in [0.4, 0.5) is 8.78 Å². The van der Waals surface area contributed by atoms with E-state index in [9.17, 15) is 13.6 Å². The molecule has 2 rings (SSSR count). The number of aromatic amines is 1. The molecule has 0 saturated carbocycles. The molecule has 1 N–H and O–H groups in total. The third kappa shape index (κ3) is 2.07. The molecule has 0 unspecified atom stereocenters. The molecule has 0 spiro atoms. The van der Waals surface area contributed by atoms with E-state index in [2.05, 4.69) is 9.97 Å². The molecule has 0 saturated heterocycles.